The highest BCUT2D eigenvalue weighted by atomic mass is 16.5. The van der Waals surface area contributed by atoms with Crippen LogP contribution in [0.3, 0.4) is 0 Å². The summed E-state index contributed by atoms with van der Waals surface area (Å²) < 4.78 is 20.7. The molecule has 124 valence electrons. The summed E-state index contributed by atoms with van der Waals surface area (Å²) in [5.41, 5.74) is 0.383. The van der Waals surface area contributed by atoms with Crippen molar-refractivity contribution >= 4 is 5.97 Å². The molecule has 0 aliphatic rings. The molecule has 1 heterocycles. The Morgan fingerprint density at radius 2 is 2.04 bits per heavy atom. The summed E-state index contributed by atoms with van der Waals surface area (Å²) in [7, 11) is 2.82. The minimum atomic E-state index is -0.440. The molecule has 1 aromatic carbocycles. The van der Waals surface area contributed by atoms with E-state index in [1.165, 1.54) is 14.2 Å². The predicted molar refractivity (Wildman–Crippen MR) is 81.5 cm³/mol. The number of hydrogen-bond acceptors (Lipinski definition) is 7. The fourth-order valence-corrected chi connectivity index (χ4v) is 1.97. The summed E-state index contributed by atoms with van der Waals surface area (Å²) in [6, 6.07) is 4.79. The van der Waals surface area contributed by atoms with E-state index in [4.69, 9.17) is 14.0 Å². The zero-order valence-electron chi connectivity index (χ0n) is 13.7. The summed E-state index contributed by atoms with van der Waals surface area (Å²) in [5, 5.41) is 3.90. The normalized spacial score (nSPS) is 10.7. The summed E-state index contributed by atoms with van der Waals surface area (Å²) in [5.74, 6) is 1.96. The van der Waals surface area contributed by atoms with E-state index >= 15 is 0 Å². The van der Waals surface area contributed by atoms with Crippen LogP contribution in [0.25, 0.3) is 0 Å². The van der Waals surface area contributed by atoms with Crippen molar-refractivity contribution in [1.29, 1.82) is 0 Å². The second-order valence-corrected chi connectivity index (χ2v) is 5.35. The highest BCUT2D eigenvalue weighted by Gasteiger charge is 2.13. The molecule has 0 radical (unpaired) electrons. The summed E-state index contributed by atoms with van der Waals surface area (Å²) in [6.45, 7) is 4.29. The molecule has 0 saturated heterocycles. The van der Waals surface area contributed by atoms with Gasteiger partial charge >= 0.3 is 5.97 Å². The highest BCUT2D eigenvalue weighted by Crippen LogP contribution is 2.29. The van der Waals surface area contributed by atoms with Crippen LogP contribution in [0.5, 0.6) is 11.5 Å². The first-order valence-corrected chi connectivity index (χ1v) is 7.24. The van der Waals surface area contributed by atoms with E-state index in [1.807, 2.05) is 0 Å². The van der Waals surface area contributed by atoms with Gasteiger partial charge in [-0.05, 0) is 24.1 Å². The first kappa shape index (κ1) is 16.8. The Balaban J connectivity index is 2.05. The van der Waals surface area contributed by atoms with E-state index in [9.17, 15) is 4.79 Å². The van der Waals surface area contributed by atoms with Gasteiger partial charge in [0, 0.05) is 6.42 Å². The lowest BCUT2D eigenvalue weighted by Gasteiger charge is -2.10. The number of aromatic nitrogens is 2. The maximum absolute atomic E-state index is 11.5. The zero-order chi connectivity index (χ0) is 16.8. The van der Waals surface area contributed by atoms with E-state index < -0.39 is 5.97 Å². The molecule has 2 rings (SSSR count). The van der Waals surface area contributed by atoms with Crippen LogP contribution in [-0.2, 0) is 17.8 Å². The topological polar surface area (TPSA) is 83.7 Å². The van der Waals surface area contributed by atoms with Gasteiger partial charge in [-0.1, -0.05) is 19.0 Å². The average Bonchev–Trinajstić information content (AvgIpc) is 2.98. The number of carbonyl (C=O) groups excluding carboxylic acids is 1. The summed E-state index contributed by atoms with van der Waals surface area (Å²) in [4.78, 5) is 15.8. The summed E-state index contributed by atoms with van der Waals surface area (Å²) in [6.07, 6.45) is 0.751. The molecule has 0 unspecified atom stereocenters. The Morgan fingerprint density at radius 3 is 2.70 bits per heavy atom. The number of nitrogens with zero attached hydrogens (tertiary/aromatic N) is 2. The van der Waals surface area contributed by atoms with Crippen LogP contribution >= 0.6 is 0 Å². The molecule has 7 heteroatoms. The molecule has 0 spiro atoms. The first-order valence-electron chi connectivity index (χ1n) is 7.24. The first-order chi connectivity index (χ1) is 11.0. The van der Waals surface area contributed by atoms with E-state index in [1.54, 1.807) is 18.2 Å². The van der Waals surface area contributed by atoms with Crippen molar-refractivity contribution in [2.75, 3.05) is 14.2 Å². The Morgan fingerprint density at radius 1 is 1.26 bits per heavy atom. The van der Waals surface area contributed by atoms with Gasteiger partial charge in [0.15, 0.2) is 23.9 Å². The van der Waals surface area contributed by atoms with E-state index in [2.05, 4.69) is 28.7 Å². The number of methoxy groups -OCH3 is 2. The molecule has 0 aliphatic heterocycles. The van der Waals surface area contributed by atoms with Gasteiger partial charge in [-0.25, -0.2) is 4.79 Å². The van der Waals surface area contributed by atoms with Gasteiger partial charge in [-0.15, -0.1) is 0 Å². The van der Waals surface area contributed by atoms with Gasteiger partial charge in [-0.2, -0.15) is 4.98 Å². The fraction of sp³-hybridized carbons (Fsp3) is 0.438. The van der Waals surface area contributed by atoms with Gasteiger partial charge in [0.2, 0.25) is 0 Å². The molecular weight excluding hydrogens is 300 g/mol. The minimum absolute atomic E-state index is 0.124. The Hall–Kier alpha value is -2.57. The van der Waals surface area contributed by atoms with Crippen LogP contribution < -0.4 is 9.47 Å². The van der Waals surface area contributed by atoms with Crippen molar-refractivity contribution in [3.05, 3.63) is 35.5 Å². The Bertz CT molecular complexity index is 666. The van der Waals surface area contributed by atoms with Crippen molar-refractivity contribution in [3.8, 4) is 11.5 Å². The molecule has 1 aromatic heterocycles. The molecule has 0 saturated carbocycles. The lowest BCUT2D eigenvalue weighted by atomic mass is 10.1. The van der Waals surface area contributed by atoms with Crippen LogP contribution in [0.4, 0.5) is 0 Å². The molecule has 0 atom stereocenters. The van der Waals surface area contributed by atoms with Crippen molar-refractivity contribution in [1.82, 2.24) is 10.1 Å². The molecule has 0 aliphatic carbocycles. The van der Waals surface area contributed by atoms with Gasteiger partial charge < -0.3 is 18.7 Å². The molecule has 0 bridgehead atoms. The van der Waals surface area contributed by atoms with Gasteiger partial charge in [0.25, 0.3) is 5.89 Å². The van der Waals surface area contributed by atoms with Crippen LogP contribution in [0, 0.1) is 5.92 Å². The molecule has 0 N–H and O–H groups in total. The number of ether oxygens (including phenoxy) is 3. The molecule has 7 nitrogen and oxygen atoms in total. The molecule has 23 heavy (non-hydrogen) atoms. The predicted octanol–water partition coefficient (Wildman–Crippen LogP) is 2.64. The maximum atomic E-state index is 11.5. The third-order valence-electron chi connectivity index (χ3n) is 3.04. The molecule has 0 amide bonds. The highest BCUT2D eigenvalue weighted by molar-refractivity contribution is 5.90. The number of hydrogen-bond donors (Lipinski definition) is 0. The quantitative estimate of drug-likeness (QED) is 0.725. The number of benzene rings is 1. The Kier molecular flexibility index (Phi) is 5.56. The number of esters is 1. The average molecular weight is 320 g/mol. The van der Waals surface area contributed by atoms with Crippen LogP contribution in [0.1, 0.15) is 35.9 Å². The molecule has 0 fully saturated rings. The third kappa shape index (κ3) is 4.45. The van der Waals surface area contributed by atoms with Gasteiger partial charge in [0.1, 0.15) is 0 Å². The largest absolute Gasteiger partial charge is 0.493 e. The minimum Gasteiger partial charge on any atom is -0.493 e. The number of rotatable bonds is 7. The lowest BCUT2D eigenvalue weighted by molar-refractivity contribution is 0.0600. The van der Waals surface area contributed by atoms with E-state index in [-0.39, 0.29) is 6.61 Å². The van der Waals surface area contributed by atoms with Crippen LogP contribution in [0.2, 0.25) is 0 Å². The maximum Gasteiger partial charge on any atom is 0.337 e. The van der Waals surface area contributed by atoms with Crippen LogP contribution in [0.15, 0.2) is 22.7 Å². The second kappa shape index (κ2) is 7.62. The van der Waals surface area contributed by atoms with E-state index in [0.29, 0.717) is 34.7 Å². The van der Waals surface area contributed by atoms with Crippen LogP contribution in [-0.4, -0.2) is 30.3 Å². The standard InChI is InChI=1S/C16H20N2O5/c1-10(2)7-14-17-15(23-18-14)9-22-12-6-5-11(16(19)21-4)8-13(12)20-3/h5-6,8,10H,7,9H2,1-4H3. The van der Waals surface area contributed by atoms with E-state index in [0.717, 1.165) is 6.42 Å². The third-order valence-corrected chi connectivity index (χ3v) is 3.04. The molecule has 2 aromatic rings. The van der Waals surface area contributed by atoms with Crippen molar-refractivity contribution < 1.29 is 23.5 Å². The second-order valence-electron chi connectivity index (χ2n) is 5.35. The fourth-order valence-electron chi connectivity index (χ4n) is 1.97. The smallest absolute Gasteiger partial charge is 0.337 e. The van der Waals surface area contributed by atoms with Gasteiger partial charge in [-0.3, -0.25) is 0 Å². The Labute approximate surface area is 134 Å². The SMILES string of the molecule is COC(=O)c1ccc(OCc2nc(CC(C)C)no2)c(OC)c1. The monoisotopic (exact) mass is 320 g/mol. The number of carbonyl (C=O) groups is 1. The molecular formula is C16H20N2O5. The summed E-state index contributed by atoms with van der Waals surface area (Å²) >= 11 is 0. The van der Waals surface area contributed by atoms with Crippen molar-refractivity contribution in [2.45, 2.75) is 26.9 Å². The lowest BCUT2D eigenvalue weighted by Crippen LogP contribution is -2.03. The zero-order valence-corrected chi connectivity index (χ0v) is 13.7. The van der Waals surface area contributed by atoms with Crippen molar-refractivity contribution in [2.24, 2.45) is 5.92 Å². The van der Waals surface area contributed by atoms with Crippen molar-refractivity contribution in [3.63, 3.8) is 0 Å². The van der Waals surface area contributed by atoms with Gasteiger partial charge in [0.05, 0.1) is 19.8 Å².